The highest BCUT2D eigenvalue weighted by Crippen LogP contribution is 2.38. The van der Waals surface area contributed by atoms with Gasteiger partial charge in [0, 0.05) is 11.3 Å². The molecule has 34 heavy (non-hydrogen) atoms. The second-order valence-corrected chi connectivity index (χ2v) is 8.96. The molecule has 1 aromatic carbocycles. The number of nitrogen functional groups attached to an aromatic ring is 1. The molecular formula is C23H28N8O3. The second kappa shape index (κ2) is 8.93. The molecule has 11 nitrogen and oxygen atoms in total. The maximum absolute atomic E-state index is 13.3. The molecule has 2 aliphatic heterocycles. The fourth-order valence-corrected chi connectivity index (χ4v) is 3.92. The van der Waals surface area contributed by atoms with E-state index in [4.69, 9.17) is 16.4 Å². The van der Waals surface area contributed by atoms with Gasteiger partial charge in [-0.2, -0.15) is 0 Å². The first-order chi connectivity index (χ1) is 16.2. The fourth-order valence-electron chi connectivity index (χ4n) is 3.92. The molecule has 0 saturated carbocycles. The van der Waals surface area contributed by atoms with Crippen LogP contribution in [0.1, 0.15) is 42.5 Å². The molecule has 0 bridgehead atoms. The highest BCUT2D eigenvalue weighted by atomic mass is 16.6. The number of dihydropyridines is 1. The van der Waals surface area contributed by atoms with Gasteiger partial charge in [0.2, 0.25) is 0 Å². The Bertz CT molecular complexity index is 1190. The number of hydrogen-bond acceptors (Lipinski definition) is 8. The van der Waals surface area contributed by atoms with E-state index in [-0.39, 0.29) is 18.9 Å². The molecule has 11 heteroatoms. The van der Waals surface area contributed by atoms with Gasteiger partial charge >= 0.3 is 6.09 Å². The van der Waals surface area contributed by atoms with Crippen LogP contribution in [0.15, 0.2) is 59.0 Å². The Hall–Kier alpha value is -4.28. The lowest BCUT2D eigenvalue weighted by Crippen LogP contribution is -2.43. The predicted molar refractivity (Wildman–Crippen MR) is 128 cm³/mol. The number of ether oxygens (including phenoxy) is 1. The van der Waals surface area contributed by atoms with E-state index >= 15 is 0 Å². The molecule has 6 N–H and O–H groups in total. The third kappa shape index (κ3) is 4.58. The van der Waals surface area contributed by atoms with Crippen LogP contribution in [0.3, 0.4) is 0 Å². The molecular weight excluding hydrogens is 436 g/mol. The summed E-state index contributed by atoms with van der Waals surface area (Å²) in [5.74, 6) is 11.5. The highest BCUT2D eigenvalue weighted by Gasteiger charge is 2.37. The maximum atomic E-state index is 13.3. The zero-order chi connectivity index (χ0) is 24.5. The van der Waals surface area contributed by atoms with Crippen molar-refractivity contribution >= 4 is 28.8 Å². The summed E-state index contributed by atoms with van der Waals surface area (Å²) in [4.78, 5) is 27.4. The predicted octanol–water partition coefficient (Wildman–Crippen LogP) is 3.03. The first-order valence-corrected chi connectivity index (χ1v) is 10.8. The highest BCUT2D eigenvalue weighted by molar-refractivity contribution is 6.09. The number of anilines is 2. The van der Waals surface area contributed by atoms with Gasteiger partial charge in [-0.3, -0.25) is 14.4 Å². The van der Waals surface area contributed by atoms with Gasteiger partial charge in [0.15, 0.2) is 11.9 Å². The minimum Gasteiger partial charge on any atom is -0.444 e. The van der Waals surface area contributed by atoms with E-state index in [1.54, 1.807) is 33.0 Å². The average Bonchev–Trinajstić information content (AvgIpc) is 3.05. The van der Waals surface area contributed by atoms with Crippen molar-refractivity contribution in [3.63, 3.8) is 0 Å². The van der Waals surface area contributed by atoms with E-state index in [2.05, 4.69) is 21.0 Å². The van der Waals surface area contributed by atoms with Crippen molar-refractivity contribution in [3.05, 3.63) is 65.6 Å². The average molecular weight is 465 g/mol. The van der Waals surface area contributed by atoms with Gasteiger partial charge in [0.05, 0.1) is 35.7 Å². The van der Waals surface area contributed by atoms with E-state index in [9.17, 15) is 9.59 Å². The number of hydrogen-bond donors (Lipinski definition) is 4. The third-order valence-corrected chi connectivity index (χ3v) is 5.29. The molecule has 1 unspecified atom stereocenters. The van der Waals surface area contributed by atoms with Crippen molar-refractivity contribution in [1.29, 1.82) is 0 Å². The quantitative estimate of drug-likeness (QED) is 0.308. The number of benzene rings is 1. The first-order valence-electron chi connectivity index (χ1n) is 10.8. The van der Waals surface area contributed by atoms with Crippen LogP contribution in [0.4, 0.5) is 16.2 Å². The fraction of sp³-hybridized carbons (Fsp3) is 0.304. The first kappa shape index (κ1) is 22.9. The van der Waals surface area contributed by atoms with E-state index in [1.165, 1.54) is 9.58 Å². The van der Waals surface area contributed by atoms with Crippen molar-refractivity contribution in [2.75, 3.05) is 17.7 Å². The summed E-state index contributed by atoms with van der Waals surface area (Å²) in [6.07, 6.45) is 4.26. The van der Waals surface area contributed by atoms with E-state index in [0.717, 1.165) is 5.69 Å². The van der Waals surface area contributed by atoms with Crippen LogP contribution in [0.2, 0.25) is 0 Å². The van der Waals surface area contributed by atoms with Gasteiger partial charge in [-0.25, -0.2) is 4.79 Å². The number of amides is 1. The van der Waals surface area contributed by atoms with Crippen LogP contribution in [-0.4, -0.2) is 39.8 Å². The minimum atomic E-state index is -0.687. The van der Waals surface area contributed by atoms with Gasteiger partial charge in [0.1, 0.15) is 5.60 Å². The van der Waals surface area contributed by atoms with Gasteiger partial charge in [-0.05, 0) is 51.3 Å². The topological polar surface area (TPSA) is 152 Å². The molecule has 0 saturated heterocycles. The molecule has 0 radical (unpaired) electrons. The molecule has 0 spiro atoms. The summed E-state index contributed by atoms with van der Waals surface area (Å²) in [6.45, 7) is 5.34. The summed E-state index contributed by atoms with van der Waals surface area (Å²) >= 11 is 0. The van der Waals surface area contributed by atoms with Crippen LogP contribution in [0.5, 0.6) is 0 Å². The number of ketones is 1. The summed E-state index contributed by atoms with van der Waals surface area (Å²) < 4.78 is 6.91. The molecule has 4 rings (SSSR count). The lowest BCUT2D eigenvalue weighted by molar-refractivity contribution is 0.0216. The molecule has 2 aromatic rings. The van der Waals surface area contributed by atoms with Crippen molar-refractivity contribution in [3.8, 4) is 0 Å². The van der Waals surface area contributed by atoms with E-state index in [1.807, 2.05) is 36.4 Å². The molecule has 0 fully saturated rings. The van der Waals surface area contributed by atoms with E-state index in [0.29, 0.717) is 28.2 Å². The smallest absolute Gasteiger partial charge is 0.411 e. The maximum Gasteiger partial charge on any atom is 0.411 e. The number of carbonyl (C=O) groups excluding carboxylic acids is 2. The van der Waals surface area contributed by atoms with Gasteiger partial charge in [-0.15, -0.1) is 5.11 Å². The van der Waals surface area contributed by atoms with Crippen LogP contribution in [-0.2, 0) is 11.3 Å². The molecule has 1 atom stereocenters. The summed E-state index contributed by atoms with van der Waals surface area (Å²) in [7, 11) is 0. The molecule has 1 amide bonds. The van der Waals surface area contributed by atoms with Crippen LogP contribution >= 0.6 is 0 Å². The number of para-hydroxylation sites is 1. The Kier molecular flexibility index (Phi) is 6.01. The zero-order valence-corrected chi connectivity index (χ0v) is 19.3. The van der Waals surface area contributed by atoms with Crippen molar-refractivity contribution in [1.82, 2.24) is 14.9 Å². The Morgan fingerprint density at radius 3 is 2.65 bits per heavy atom. The standard InChI is InChI=1S/C23H28N8O3/c1-23(2,3)34-22(33)30-12-16-19(17(32)13-30)20(27-15-7-5-4-6-8-15)21(31(16)25)14-9-10-26-18(11-14)28-29-24/h4-11,18,26-27H,12-13,25H2,1-3H3,(H2,24,28). The number of nitrogens with zero attached hydrogens (tertiary/aromatic N) is 4. The van der Waals surface area contributed by atoms with Crippen LogP contribution < -0.4 is 22.3 Å². The Labute approximate surface area is 197 Å². The molecule has 2 aliphatic rings. The van der Waals surface area contributed by atoms with Crippen molar-refractivity contribution < 1.29 is 14.3 Å². The summed E-state index contributed by atoms with van der Waals surface area (Å²) in [6, 6.07) is 9.47. The zero-order valence-electron chi connectivity index (χ0n) is 19.3. The molecule has 3 heterocycles. The van der Waals surface area contributed by atoms with Gasteiger partial charge in [-0.1, -0.05) is 23.4 Å². The normalized spacial score (nSPS) is 17.9. The van der Waals surface area contributed by atoms with E-state index < -0.39 is 17.9 Å². The lowest BCUT2D eigenvalue weighted by Gasteiger charge is -2.29. The number of fused-ring (bicyclic) bond motifs is 1. The Morgan fingerprint density at radius 1 is 1.24 bits per heavy atom. The van der Waals surface area contributed by atoms with Crippen molar-refractivity contribution in [2.24, 2.45) is 16.2 Å². The van der Waals surface area contributed by atoms with Crippen LogP contribution in [0.25, 0.3) is 5.57 Å². The number of nitrogens with one attached hydrogen (secondary N) is 2. The number of nitrogens with two attached hydrogens (primary N) is 2. The monoisotopic (exact) mass is 464 g/mol. The minimum absolute atomic E-state index is 0.116. The SMILES string of the molecule is CC(C)(C)OC(=O)N1CC(=O)c2c(Nc3ccccc3)c(C3=CC(N=NN)NC=C3)n(N)c2C1. The molecule has 178 valence electrons. The summed E-state index contributed by atoms with van der Waals surface area (Å²) in [5.41, 5.74) is 2.88. The van der Waals surface area contributed by atoms with Gasteiger partial charge in [0.25, 0.3) is 0 Å². The summed E-state index contributed by atoms with van der Waals surface area (Å²) in [5, 5.41) is 13.6. The number of rotatable bonds is 4. The number of carbonyl (C=O) groups is 2. The number of allylic oxidation sites excluding steroid dienone is 2. The molecule has 0 aliphatic carbocycles. The number of aromatic nitrogens is 1. The molecule has 1 aromatic heterocycles. The second-order valence-electron chi connectivity index (χ2n) is 8.96. The Morgan fingerprint density at radius 2 is 1.97 bits per heavy atom. The van der Waals surface area contributed by atoms with Crippen LogP contribution in [0, 0.1) is 0 Å². The van der Waals surface area contributed by atoms with Crippen molar-refractivity contribution in [2.45, 2.75) is 39.1 Å². The third-order valence-electron chi connectivity index (χ3n) is 5.29. The lowest BCUT2D eigenvalue weighted by atomic mass is 10.0. The Balaban J connectivity index is 1.81. The van der Waals surface area contributed by atoms with Gasteiger partial charge < -0.3 is 27.1 Å². The largest absolute Gasteiger partial charge is 0.444 e. The number of Topliss-reactive ketones (excluding diaryl/α,β-unsaturated/α-hetero) is 1.